The number of halogens is 2. The Morgan fingerprint density at radius 3 is 2.38 bits per heavy atom. The molecule has 2 aromatic rings. The molecule has 29 heavy (non-hydrogen) atoms. The molecule has 2 N–H and O–H groups in total. The fourth-order valence-electron chi connectivity index (χ4n) is 2.39. The number of hydrogen-bond acceptors (Lipinski definition) is 5. The second kappa shape index (κ2) is 10.7. The van der Waals surface area contributed by atoms with Crippen molar-refractivity contribution < 1.29 is 23.9 Å². The second-order valence-corrected chi connectivity index (χ2v) is 6.87. The van der Waals surface area contributed by atoms with Gasteiger partial charge in [-0.2, -0.15) is 0 Å². The van der Waals surface area contributed by atoms with Gasteiger partial charge in [0.2, 0.25) is 5.91 Å². The predicted molar refractivity (Wildman–Crippen MR) is 109 cm³/mol. The van der Waals surface area contributed by atoms with E-state index in [1.54, 1.807) is 42.5 Å². The maximum atomic E-state index is 12.4. The largest absolute Gasteiger partial charge is 0.482 e. The Bertz CT molecular complexity index is 876. The smallest absolute Gasteiger partial charge is 0.333 e. The van der Waals surface area contributed by atoms with Gasteiger partial charge in [0.15, 0.2) is 12.6 Å². The summed E-state index contributed by atoms with van der Waals surface area (Å²) in [5.41, 5.74) is 0.560. The summed E-state index contributed by atoms with van der Waals surface area (Å²) in [6, 6.07) is 11.3. The Labute approximate surface area is 178 Å². The molecule has 9 heteroatoms. The molecule has 0 aliphatic heterocycles. The number of carbonyl (C=O) groups excluding carboxylic acids is 3. The van der Waals surface area contributed by atoms with Crippen LogP contribution in [0.2, 0.25) is 10.0 Å². The molecule has 0 spiro atoms. The number of methoxy groups -OCH3 is 1. The van der Waals surface area contributed by atoms with Crippen LogP contribution >= 0.6 is 23.2 Å². The highest BCUT2D eigenvalue weighted by Crippen LogP contribution is 2.27. The van der Waals surface area contributed by atoms with Gasteiger partial charge >= 0.3 is 5.97 Å². The van der Waals surface area contributed by atoms with Crippen LogP contribution in [-0.4, -0.2) is 37.5 Å². The van der Waals surface area contributed by atoms with E-state index in [-0.39, 0.29) is 12.4 Å². The number of esters is 1. The van der Waals surface area contributed by atoms with Crippen LogP contribution in [0.15, 0.2) is 48.5 Å². The molecule has 154 valence electrons. The monoisotopic (exact) mass is 438 g/mol. The average Bonchev–Trinajstić information content (AvgIpc) is 2.72. The maximum Gasteiger partial charge on any atom is 0.333 e. The van der Waals surface area contributed by atoms with Crippen LogP contribution in [0.3, 0.4) is 0 Å². The molecule has 2 aromatic carbocycles. The van der Waals surface area contributed by atoms with Crippen molar-refractivity contribution in [3.8, 4) is 5.75 Å². The van der Waals surface area contributed by atoms with Crippen molar-refractivity contribution in [1.29, 1.82) is 0 Å². The summed E-state index contributed by atoms with van der Waals surface area (Å²) in [6.45, 7) is 1.12. The Hall–Kier alpha value is -2.77. The highest BCUT2D eigenvalue weighted by molar-refractivity contribution is 6.34. The molecule has 0 fully saturated rings. The predicted octanol–water partition coefficient (Wildman–Crippen LogP) is 2.91. The van der Waals surface area contributed by atoms with Crippen molar-refractivity contribution in [2.45, 2.75) is 19.0 Å². The lowest BCUT2D eigenvalue weighted by atomic mass is 10.1. The topological polar surface area (TPSA) is 93.7 Å². The normalized spacial score (nSPS) is 12.4. The van der Waals surface area contributed by atoms with Gasteiger partial charge in [-0.05, 0) is 24.6 Å². The van der Waals surface area contributed by atoms with Crippen LogP contribution in [0, 0.1) is 0 Å². The van der Waals surface area contributed by atoms with Crippen molar-refractivity contribution in [3.05, 3.63) is 64.1 Å². The van der Waals surface area contributed by atoms with Crippen LogP contribution < -0.4 is 15.4 Å². The van der Waals surface area contributed by atoms with Crippen LogP contribution in [0.4, 0.5) is 0 Å². The highest BCUT2D eigenvalue weighted by Gasteiger charge is 2.26. The van der Waals surface area contributed by atoms with Crippen molar-refractivity contribution in [2.75, 3.05) is 13.7 Å². The van der Waals surface area contributed by atoms with Crippen LogP contribution in [0.5, 0.6) is 5.75 Å². The van der Waals surface area contributed by atoms with Gasteiger partial charge in [0, 0.05) is 11.1 Å². The summed E-state index contributed by atoms with van der Waals surface area (Å²) in [7, 11) is 1.23. The number of hydrogen-bond donors (Lipinski definition) is 2. The molecule has 0 aromatic heterocycles. The number of benzene rings is 2. The van der Waals surface area contributed by atoms with E-state index in [0.717, 1.165) is 0 Å². The third-order valence-corrected chi connectivity index (χ3v) is 4.43. The molecule has 0 aliphatic rings. The Morgan fingerprint density at radius 2 is 1.72 bits per heavy atom. The molecule has 0 aliphatic carbocycles. The van der Waals surface area contributed by atoms with Gasteiger partial charge in [0.1, 0.15) is 11.8 Å². The van der Waals surface area contributed by atoms with E-state index in [1.807, 2.05) is 0 Å². The summed E-state index contributed by atoms with van der Waals surface area (Å²) in [4.78, 5) is 36.6. The molecule has 2 unspecified atom stereocenters. The van der Waals surface area contributed by atoms with Gasteiger partial charge in [-0.3, -0.25) is 9.59 Å². The first-order valence-electron chi connectivity index (χ1n) is 8.62. The molecule has 2 amide bonds. The van der Waals surface area contributed by atoms with E-state index in [0.29, 0.717) is 15.6 Å². The molecule has 0 bridgehead atoms. The van der Waals surface area contributed by atoms with Crippen LogP contribution in [0.1, 0.15) is 18.5 Å². The Balaban J connectivity index is 1.93. The first-order valence-corrected chi connectivity index (χ1v) is 9.37. The van der Waals surface area contributed by atoms with Gasteiger partial charge in [-0.1, -0.05) is 53.5 Å². The Kier molecular flexibility index (Phi) is 8.30. The van der Waals surface area contributed by atoms with Gasteiger partial charge in [0.25, 0.3) is 5.91 Å². The zero-order valence-corrected chi connectivity index (χ0v) is 17.3. The number of ether oxygens (including phenoxy) is 2. The highest BCUT2D eigenvalue weighted by atomic mass is 35.5. The zero-order chi connectivity index (χ0) is 21.4. The number of nitrogens with one attached hydrogen (secondary N) is 2. The second-order valence-electron chi connectivity index (χ2n) is 6.03. The average molecular weight is 439 g/mol. The molecule has 0 saturated heterocycles. The van der Waals surface area contributed by atoms with Gasteiger partial charge < -0.3 is 20.1 Å². The molecular weight excluding hydrogens is 419 g/mol. The van der Waals surface area contributed by atoms with Crippen molar-refractivity contribution in [1.82, 2.24) is 10.6 Å². The van der Waals surface area contributed by atoms with Crippen LogP contribution in [0.25, 0.3) is 0 Å². The van der Waals surface area contributed by atoms with Gasteiger partial charge in [-0.15, -0.1) is 0 Å². The van der Waals surface area contributed by atoms with Gasteiger partial charge in [-0.25, -0.2) is 4.79 Å². The quantitative estimate of drug-likeness (QED) is 0.617. The van der Waals surface area contributed by atoms with E-state index >= 15 is 0 Å². The lowest BCUT2D eigenvalue weighted by Gasteiger charge is -2.20. The summed E-state index contributed by atoms with van der Waals surface area (Å²) in [6.07, 6.45) is 0. The van der Waals surface area contributed by atoms with E-state index in [2.05, 4.69) is 10.6 Å². The molecule has 7 nitrogen and oxygen atoms in total. The first kappa shape index (κ1) is 22.5. The summed E-state index contributed by atoms with van der Waals surface area (Å²) >= 11 is 11.8. The SMILES string of the molecule is COC(=O)C(NC(=O)C(C)NC(=O)COc1cc(Cl)ccc1Cl)c1ccccc1. The minimum Gasteiger partial charge on any atom is -0.482 e. The van der Waals surface area contributed by atoms with E-state index in [1.165, 1.54) is 20.1 Å². The molecule has 0 radical (unpaired) electrons. The van der Waals surface area contributed by atoms with E-state index in [4.69, 9.17) is 32.7 Å². The van der Waals surface area contributed by atoms with Crippen LogP contribution in [-0.2, 0) is 19.1 Å². The standard InChI is InChI=1S/C20H20Cl2N2O5/c1-12(23-17(25)11-29-16-10-14(21)8-9-15(16)22)19(26)24-18(20(27)28-2)13-6-4-3-5-7-13/h3-10,12,18H,11H2,1-2H3,(H,23,25)(H,24,26). The fraction of sp³-hybridized carbons (Fsp3) is 0.250. The van der Waals surface area contributed by atoms with E-state index in [9.17, 15) is 14.4 Å². The Morgan fingerprint density at radius 1 is 1.03 bits per heavy atom. The first-order chi connectivity index (χ1) is 13.8. The third-order valence-electron chi connectivity index (χ3n) is 3.88. The molecular formula is C20H20Cl2N2O5. The maximum absolute atomic E-state index is 12.4. The molecule has 2 atom stereocenters. The molecule has 0 heterocycles. The summed E-state index contributed by atoms with van der Waals surface area (Å²) in [5, 5.41) is 5.78. The number of carbonyl (C=O) groups is 3. The summed E-state index contributed by atoms with van der Waals surface area (Å²) in [5.74, 6) is -1.47. The minimum atomic E-state index is -0.991. The van der Waals surface area contributed by atoms with Crippen molar-refractivity contribution in [3.63, 3.8) is 0 Å². The van der Waals surface area contributed by atoms with Crippen molar-refractivity contribution in [2.24, 2.45) is 0 Å². The number of rotatable bonds is 8. The lowest BCUT2D eigenvalue weighted by Crippen LogP contribution is -2.48. The van der Waals surface area contributed by atoms with E-state index < -0.39 is 29.9 Å². The third kappa shape index (κ3) is 6.66. The van der Waals surface area contributed by atoms with Gasteiger partial charge in [0.05, 0.1) is 12.1 Å². The minimum absolute atomic E-state index is 0.251. The zero-order valence-electron chi connectivity index (χ0n) is 15.8. The summed E-state index contributed by atoms with van der Waals surface area (Å²) < 4.78 is 10.1. The lowest BCUT2D eigenvalue weighted by molar-refractivity contribution is -0.145. The number of amides is 2. The molecule has 0 saturated carbocycles. The van der Waals surface area contributed by atoms with Crippen molar-refractivity contribution >= 4 is 41.0 Å². The molecule has 2 rings (SSSR count). The fourth-order valence-corrected chi connectivity index (χ4v) is 2.72.